The molecule has 2 aromatic heterocycles. The van der Waals surface area contributed by atoms with Gasteiger partial charge in [-0.3, -0.25) is 4.90 Å². The number of fused-ring (bicyclic) bond motifs is 5. The first-order valence-corrected chi connectivity index (χ1v) is 14.3. The molecule has 10 rings (SSSR count). The van der Waals surface area contributed by atoms with Crippen molar-refractivity contribution in [2.24, 2.45) is 0 Å². The van der Waals surface area contributed by atoms with Gasteiger partial charge < -0.3 is 4.57 Å². The van der Waals surface area contributed by atoms with Crippen molar-refractivity contribution in [2.75, 3.05) is 4.90 Å². The van der Waals surface area contributed by atoms with Crippen LogP contribution in [0.1, 0.15) is 0 Å². The highest BCUT2D eigenvalue weighted by Gasteiger charge is 2.34. The fraction of sp³-hybridized carbons (Fsp3) is 0. The summed E-state index contributed by atoms with van der Waals surface area (Å²) in [4.78, 5) is 12.8. The summed E-state index contributed by atoms with van der Waals surface area (Å²) in [6.45, 7) is 0. The molecule has 0 bridgehead atoms. The SMILES string of the molecule is c1ccc(-c2nc(N3c4cccc5c4-n4c6c(cccc6c6cccc3c64)-c3ccccc3-5)nc3ccccc23)cc1. The van der Waals surface area contributed by atoms with Crippen molar-refractivity contribution < 1.29 is 0 Å². The van der Waals surface area contributed by atoms with Gasteiger partial charge in [-0.15, -0.1) is 0 Å². The lowest BCUT2D eigenvalue weighted by Crippen LogP contribution is -2.21. The molecule has 0 radical (unpaired) electrons. The lowest BCUT2D eigenvalue weighted by atomic mass is 9.92. The first-order valence-electron chi connectivity index (χ1n) is 14.3. The molecule has 0 saturated heterocycles. The van der Waals surface area contributed by atoms with Crippen LogP contribution in [0.3, 0.4) is 0 Å². The van der Waals surface area contributed by atoms with Crippen LogP contribution in [0.25, 0.3) is 71.9 Å². The number of benzene rings is 6. The molecule has 0 fully saturated rings. The Morgan fingerprint density at radius 2 is 1.05 bits per heavy atom. The van der Waals surface area contributed by atoms with Gasteiger partial charge in [0.2, 0.25) is 5.95 Å². The number of hydrogen-bond donors (Lipinski definition) is 0. The number of para-hydroxylation sites is 4. The third-order valence-electron chi connectivity index (χ3n) is 8.85. The van der Waals surface area contributed by atoms with Crippen molar-refractivity contribution in [1.29, 1.82) is 0 Å². The molecule has 8 aromatic rings. The maximum atomic E-state index is 5.33. The van der Waals surface area contributed by atoms with Crippen LogP contribution >= 0.6 is 0 Å². The smallest absolute Gasteiger partial charge is 0.235 e. The van der Waals surface area contributed by atoms with Gasteiger partial charge in [-0.2, -0.15) is 0 Å². The Morgan fingerprint density at radius 1 is 0.429 bits per heavy atom. The number of anilines is 3. The summed E-state index contributed by atoms with van der Waals surface area (Å²) in [6, 6.07) is 47.5. The molecule has 194 valence electrons. The van der Waals surface area contributed by atoms with E-state index in [0.717, 1.165) is 33.5 Å². The van der Waals surface area contributed by atoms with E-state index in [1.807, 2.05) is 6.07 Å². The van der Waals surface area contributed by atoms with Crippen LogP contribution < -0.4 is 4.90 Å². The second-order valence-electron chi connectivity index (χ2n) is 11.0. The van der Waals surface area contributed by atoms with E-state index in [2.05, 4.69) is 137 Å². The Balaban J connectivity index is 1.39. The minimum absolute atomic E-state index is 0.669. The highest BCUT2D eigenvalue weighted by molar-refractivity contribution is 6.22. The fourth-order valence-electron chi connectivity index (χ4n) is 7.16. The molecule has 2 aliphatic heterocycles. The zero-order chi connectivity index (χ0) is 27.4. The van der Waals surface area contributed by atoms with E-state index in [9.17, 15) is 0 Å². The van der Waals surface area contributed by atoms with Crippen LogP contribution in [-0.4, -0.2) is 14.5 Å². The Hall–Kier alpha value is -5.74. The molecule has 6 aromatic carbocycles. The summed E-state index contributed by atoms with van der Waals surface area (Å²) in [5.74, 6) is 0.669. The lowest BCUT2D eigenvalue weighted by molar-refractivity contribution is 1.06. The molecular weight excluding hydrogens is 512 g/mol. The monoisotopic (exact) mass is 534 g/mol. The van der Waals surface area contributed by atoms with Gasteiger partial charge in [-0.1, -0.05) is 115 Å². The van der Waals surface area contributed by atoms with Crippen molar-refractivity contribution in [3.05, 3.63) is 133 Å². The van der Waals surface area contributed by atoms with Crippen molar-refractivity contribution in [1.82, 2.24) is 14.5 Å². The average Bonchev–Trinajstić information content (AvgIpc) is 3.33. The summed E-state index contributed by atoms with van der Waals surface area (Å²) >= 11 is 0. The molecule has 4 nitrogen and oxygen atoms in total. The molecule has 0 N–H and O–H groups in total. The zero-order valence-electron chi connectivity index (χ0n) is 22.5. The van der Waals surface area contributed by atoms with E-state index in [0.29, 0.717) is 5.95 Å². The average molecular weight is 535 g/mol. The van der Waals surface area contributed by atoms with Crippen LogP contribution in [-0.2, 0) is 0 Å². The largest absolute Gasteiger partial charge is 0.304 e. The van der Waals surface area contributed by atoms with Gasteiger partial charge in [0.25, 0.3) is 0 Å². The molecule has 0 aliphatic carbocycles. The van der Waals surface area contributed by atoms with Crippen molar-refractivity contribution >= 4 is 50.0 Å². The first kappa shape index (κ1) is 22.0. The third kappa shape index (κ3) is 2.71. The number of nitrogens with zero attached hydrogens (tertiary/aromatic N) is 4. The predicted octanol–water partition coefficient (Wildman–Crippen LogP) is 9.82. The van der Waals surface area contributed by atoms with Crippen LogP contribution in [0.15, 0.2) is 133 Å². The van der Waals surface area contributed by atoms with Crippen molar-refractivity contribution in [3.63, 3.8) is 0 Å². The molecule has 0 saturated carbocycles. The Kier molecular flexibility index (Phi) is 4.15. The summed E-state index contributed by atoms with van der Waals surface area (Å²) < 4.78 is 2.50. The quantitative estimate of drug-likeness (QED) is 0.221. The Labute approximate surface area is 241 Å². The van der Waals surface area contributed by atoms with E-state index in [4.69, 9.17) is 9.97 Å². The van der Waals surface area contributed by atoms with E-state index < -0.39 is 0 Å². The van der Waals surface area contributed by atoms with Gasteiger partial charge in [0.1, 0.15) is 0 Å². The molecule has 4 heteroatoms. The Morgan fingerprint density at radius 3 is 1.93 bits per heavy atom. The minimum Gasteiger partial charge on any atom is -0.304 e. The molecule has 0 spiro atoms. The summed E-state index contributed by atoms with van der Waals surface area (Å²) in [6.07, 6.45) is 0. The highest BCUT2D eigenvalue weighted by atomic mass is 15.3. The van der Waals surface area contributed by atoms with E-state index >= 15 is 0 Å². The van der Waals surface area contributed by atoms with Crippen LogP contribution in [0.2, 0.25) is 0 Å². The Bertz CT molecular complexity index is 2420. The van der Waals surface area contributed by atoms with Gasteiger partial charge in [0.05, 0.1) is 39.3 Å². The molecule has 0 amide bonds. The van der Waals surface area contributed by atoms with Gasteiger partial charge in [0.15, 0.2) is 0 Å². The van der Waals surface area contributed by atoms with Crippen LogP contribution in [0.5, 0.6) is 0 Å². The number of hydrogen-bond acceptors (Lipinski definition) is 3. The number of rotatable bonds is 2. The first-order chi connectivity index (χ1) is 20.9. The molecule has 42 heavy (non-hydrogen) atoms. The van der Waals surface area contributed by atoms with Crippen molar-refractivity contribution in [3.8, 4) is 39.2 Å². The molecular formula is C38H22N4. The van der Waals surface area contributed by atoms with E-state index in [-0.39, 0.29) is 0 Å². The molecule has 0 unspecified atom stereocenters. The van der Waals surface area contributed by atoms with Gasteiger partial charge in [-0.05, 0) is 29.3 Å². The maximum Gasteiger partial charge on any atom is 0.235 e. The number of aromatic nitrogens is 3. The predicted molar refractivity (Wildman–Crippen MR) is 172 cm³/mol. The molecule has 4 heterocycles. The minimum atomic E-state index is 0.669. The van der Waals surface area contributed by atoms with Gasteiger partial charge >= 0.3 is 0 Å². The maximum absolute atomic E-state index is 5.33. The summed E-state index contributed by atoms with van der Waals surface area (Å²) in [5.41, 5.74) is 13.7. The molecule has 0 atom stereocenters. The van der Waals surface area contributed by atoms with Gasteiger partial charge in [-0.25, -0.2) is 9.97 Å². The van der Waals surface area contributed by atoms with Crippen LogP contribution in [0, 0.1) is 0 Å². The fourth-order valence-corrected chi connectivity index (χ4v) is 7.16. The second-order valence-corrected chi connectivity index (χ2v) is 11.0. The van der Waals surface area contributed by atoms with E-state index in [1.165, 1.54) is 49.7 Å². The van der Waals surface area contributed by atoms with E-state index in [1.54, 1.807) is 0 Å². The van der Waals surface area contributed by atoms with Crippen LogP contribution in [0.4, 0.5) is 17.3 Å². The topological polar surface area (TPSA) is 34.0 Å². The third-order valence-corrected chi connectivity index (χ3v) is 8.85. The summed E-state index contributed by atoms with van der Waals surface area (Å²) in [5, 5.41) is 3.54. The molecule has 2 aliphatic rings. The standard InChI is InChI=1S/C38H22N4/c1-2-11-23(12-3-1)34-30-15-6-7-20-31(30)39-38(40-34)41-32-21-9-18-27-25-14-5-4-13-24(25)26-16-8-17-28-29-19-10-22-33(41)37(29)42(35(26)28)36(27)32/h1-22H. The normalized spacial score (nSPS) is 12.7. The zero-order valence-corrected chi connectivity index (χ0v) is 22.5. The second kappa shape index (κ2) is 7.93. The highest BCUT2D eigenvalue weighted by Crippen LogP contribution is 2.55. The van der Waals surface area contributed by atoms with Gasteiger partial charge in [0, 0.05) is 32.8 Å². The van der Waals surface area contributed by atoms with Crippen molar-refractivity contribution in [2.45, 2.75) is 0 Å². The lowest BCUT2D eigenvalue weighted by Gasteiger charge is -2.32. The summed E-state index contributed by atoms with van der Waals surface area (Å²) in [7, 11) is 0.